The Morgan fingerprint density at radius 1 is 1.20 bits per heavy atom. The monoisotopic (exact) mass is 510 g/mol. The van der Waals surface area contributed by atoms with Crippen LogP contribution in [-0.4, -0.2) is 60.0 Å². The second-order valence-electron chi connectivity index (χ2n) is 6.97. The standard InChI is InChI=1S/C18H18F3N5O2.C2HF3O2/c1-10-3-4-11(17(28,9-27)18(19,20)21)7-12(10)13-8-23-16(22)15(25-13)14-5-6-24-26(14)2;3-2(4,5)1(6)7/h3-8,27-28H,9H2,1-2H3,(H2,22,23);(H,6,7)/i2D3;. The summed E-state index contributed by atoms with van der Waals surface area (Å²) < 4.78 is 95.3. The zero-order chi connectivity index (χ0) is 29.3. The maximum Gasteiger partial charge on any atom is 0.490 e. The summed E-state index contributed by atoms with van der Waals surface area (Å²) in [6.07, 6.45) is -7.75. The van der Waals surface area contributed by atoms with Gasteiger partial charge in [0.15, 0.2) is 5.82 Å². The van der Waals surface area contributed by atoms with E-state index in [1.807, 2.05) is 0 Å². The Balaban J connectivity index is 0.000000638. The average Bonchev–Trinajstić information content (AvgIpc) is 3.29. The minimum atomic E-state index is -5.13. The number of alkyl halides is 6. The van der Waals surface area contributed by atoms with E-state index in [-0.39, 0.29) is 28.5 Å². The Morgan fingerprint density at radius 2 is 1.83 bits per heavy atom. The number of halogens is 6. The van der Waals surface area contributed by atoms with Crippen molar-refractivity contribution in [2.45, 2.75) is 24.9 Å². The smallest absolute Gasteiger partial charge is 0.475 e. The molecule has 0 fully saturated rings. The average molecular weight is 510 g/mol. The van der Waals surface area contributed by atoms with Gasteiger partial charge in [0.25, 0.3) is 0 Å². The molecule has 0 saturated carbocycles. The predicted octanol–water partition coefficient (Wildman–Crippen LogP) is 2.81. The number of carboxylic acid groups (broad SMARTS) is 1. The molecule has 9 nitrogen and oxygen atoms in total. The highest BCUT2D eigenvalue weighted by Crippen LogP contribution is 2.40. The van der Waals surface area contributed by atoms with Crippen molar-refractivity contribution in [1.29, 1.82) is 0 Å². The molecule has 1 atom stereocenters. The van der Waals surface area contributed by atoms with Gasteiger partial charge in [0.1, 0.15) is 5.69 Å². The summed E-state index contributed by atoms with van der Waals surface area (Å²) in [5.74, 6) is -2.86. The SMILES string of the molecule is O=C(O)C(F)(F)F.[2H]C([2H])([2H])n1nccc1-c1nc(-c2cc(C(O)(CO)C(F)(F)F)ccc2C)cnc1N. The van der Waals surface area contributed by atoms with Gasteiger partial charge in [-0.1, -0.05) is 12.1 Å². The number of benzene rings is 1. The van der Waals surface area contributed by atoms with Crippen LogP contribution in [0, 0.1) is 6.92 Å². The second kappa shape index (κ2) is 9.87. The molecule has 0 aliphatic rings. The molecule has 1 unspecified atom stereocenters. The van der Waals surface area contributed by atoms with Crippen molar-refractivity contribution in [3.05, 3.63) is 47.8 Å². The van der Waals surface area contributed by atoms with Gasteiger partial charge in [-0.3, -0.25) is 4.68 Å². The predicted molar refractivity (Wildman–Crippen MR) is 110 cm³/mol. The molecule has 5 N–H and O–H groups in total. The maximum absolute atomic E-state index is 13.4. The molecule has 0 spiro atoms. The molecule has 0 aliphatic carbocycles. The Kier molecular flexibility index (Phi) is 6.50. The minimum Gasteiger partial charge on any atom is -0.475 e. The van der Waals surface area contributed by atoms with Crippen LogP contribution in [0.5, 0.6) is 0 Å². The van der Waals surface area contributed by atoms with E-state index >= 15 is 0 Å². The third kappa shape index (κ3) is 5.86. The lowest BCUT2D eigenvalue weighted by Crippen LogP contribution is -2.45. The van der Waals surface area contributed by atoms with Crippen LogP contribution in [0.3, 0.4) is 0 Å². The van der Waals surface area contributed by atoms with Gasteiger partial charge in [0.2, 0.25) is 5.60 Å². The van der Waals surface area contributed by atoms with E-state index in [2.05, 4.69) is 15.1 Å². The largest absolute Gasteiger partial charge is 0.490 e. The van der Waals surface area contributed by atoms with E-state index in [0.29, 0.717) is 5.56 Å². The van der Waals surface area contributed by atoms with E-state index in [4.69, 9.17) is 19.7 Å². The van der Waals surface area contributed by atoms with Gasteiger partial charge in [-0.2, -0.15) is 31.4 Å². The van der Waals surface area contributed by atoms with Crippen LogP contribution >= 0.6 is 0 Å². The number of hydrogen-bond acceptors (Lipinski definition) is 7. The number of carboxylic acids is 1. The number of aliphatic hydroxyl groups excluding tert-OH is 1. The van der Waals surface area contributed by atoms with E-state index in [0.717, 1.165) is 16.8 Å². The summed E-state index contributed by atoms with van der Waals surface area (Å²) in [6.45, 7) is -2.59. The topological polar surface area (TPSA) is 147 Å². The second-order valence-corrected chi connectivity index (χ2v) is 6.97. The fourth-order valence-electron chi connectivity index (χ4n) is 2.70. The molecule has 0 amide bonds. The number of aromatic nitrogens is 4. The number of nitrogens with two attached hydrogens (primary N) is 1. The maximum atomic E-state index is 13.4. The number of hydrogen-bond donors (Lipinski definition) is 4. The third-order valence-electron chi connectivity index (χ3n) is 4.62. The van der Waals surface area contributed by atoms with Crippen molar-refractivity contribution in [3.8, 4) is 22.6 Å². The molecule has 35 heavy (non-hydrogen) atoms. The van der Waals surface area contributed by atoms with E-state index < -0.39 is 43.1 Å². The summed E-state index contributed by atoms with van der Waals surface area (Å²) in [7, 11) is 0. The van der Waals surface area contributed by atoms with Crippen LogP contribution in [0.1, 0.15) is 15.2 Å². The number of nitrogens with zero attached hydrogens (tertiary/aromatic N) is 4. The lowest BCUT2D eigenvalue weighted by molar-refractivity contribution is -0.277. The number of rotatable bonds is 4. The Bertz CT molecular complexity index is 1310. The van der Waals surface area contributed by atoms with Crippen LogP contribution < -0.4 is 5.73 Å². The number of anilines is 1. The highest BCUT2D eigenvalue weighted by molar-refractivity contribution is 5.73. The van der Waals surface area contributed by atoms with Gasteiger partial charge in [0, 0.05) is 22.8 Å². The van der Waals surface area contributed by atoms with Gasteiger partial charge in [-0.15, -0.1) is 0 Å². The van der Waals surface area contributed by atoms with Crippen LogP contribution in [-0.2, 0) is 17.4 Å². The number of nitrogen functional groups attached to an aromatic ring is 1. The van der Waals surface area contributed by atoms with Gasteiger partial charge in [-0.25, -0.2) is 14.8 Å². The zero-order valence-electron chi connectivity index (χ0n) is 20.6. The molecule has 190 valence electrons. The van der Waals surface area contributed by atoms with Crippen LogP contribution in [0.4, 0.5) is 32.2 Å². The summed E-state index contributed by atoms with van der Waals surface area (Å²) in [4.78, 5) is 17.2. The fraction of sp³-hybridized carbons (Fsp3) is 0.300. The van der Waals surface area contributed by atoms with Crippen LogP contribution in [0.2, 0.25) is 0 Å². The van der Waals surface area contributed by atoms with Crippen molar-refractivity contribution < 1.29 is 50.6 Å². The quantitative estimate of drug-likeness (QED) is 0.392. The number of carbonyl (C=O) groups is 1. The van der Waals surface area contributed by atoms with Crippen LogP contribution in [0.25, 0.3) is 22.6 Å². The van der Waals surface area contributed by atoms with E-state index in [1.54, 1.807) is 6.92 Å². The van der Waals surface area contributed by atoms with E-state index in [1.165, 1.54) is 24.5 Å². The first-order valence-corrected chi connectivity index (χ1v) is 9.23. The molecular formula is C20H19F6N5O4. The molecule has 0 bridgehead atoms. The summed E-state index contributed by atoms with van der Waals surface area (Å²) in [5, 5.41) is 30.2. The first-order valence-electron chi connectivity index (χ1n) is 10.7. The molecule has 2 heterocycles. The molecule has 2 aromatic heterocycles. The lowest BCUT2D eigenvalue weighted by atomic mass is 9.90. The molecule has 0 radical (unpaired) electrons. The number of aliphatic hydroxyl groups is 2. The van der Waals surface area contributed by atoms with Crippen molar-refractivity contribution >= 4 is 11.8 Å². The van der Waals surface area contributed by atoms with Gasteiger partial charge >= 0.3 is 18.3 Å². The summed E-state index contributed by atoms with van der Waals surface area (Å²) in [5.41, 5.74) is 2.60. The highest BCUT2D eigenvalue weighted by Gasteiger charge is 2.54. The molecule has 0 saturated heterocycles. The summed E-state index contributed by atoms with van der Waals surface area (Å²) in [6, 6.07) is 4.80. The highest BCUT2D eigenvalue weighted by atomic mass is 19.4. The minimum absolute atomic E-state index is 0.0239. The third-order valence-corrected chi connectivity index (χ3v) is 4.62. The molecule has 0 aliphatic heterocycles. The first kappa shape index (κ1) is 23.0. The van der Waals surface area contributed by atoms with Crippen LogP contribution in [0.15, 0.2) is 36.7 Å². The molecule has 3 rings (SSSR count). The van der Waals surface area contributed by atoms with Crippen molar-refractivity contribution in [2.75, 3.05) is 12.3 Å². The van der Waals surface area contributed by atoms with Crippen molar-refractivity contribution in [2.24, 2.45) is 6.98 Å². The zero-order valence-corrected chi connectivity index (χ0v) is 17.6. The normalized spacial score (nSPS) is 15.2. The Labute approximate surface area is 197 Å². The van der Waals surface area contributed by atoms with Gasteiger partial charge < -0.3 is 21.1 Å². The molecule has 15 heteroatoms. The lowest BCUT2D eigenvalue weighted by Gasteiger charge is -2.29. The van der Waals surface area contributed by atoms with Gasteiger partial charge in [0.05, 0.1) is 24.2 Å². The number of aryl methyl sites for hydroxylation is 2. The van der Waals surface area contributed by atoms with Gasteiger partial charge in [-0.05, 0) is 30.2 Å². The first-order chi connectivity index (χ1) is 17.2. The van der Waals surface area contributed by atoms with Crippen molar-refractivity contribution in [3.63, 3.8) is 0 Å². The molecule has 3 aromatic rings. The molecular weight excluding hydrogens is 488 g/mol. The Hall–Kier alpha value is -3.72. The number of aliphatic carboxylic acids is 1. The van der Waals surface area contributed by atoms with E-state index in [9.17, 15) is 36.6 Å². The Morgan fingerprint density at radius 3 is 2.34 bits per heavy atom. The van der Waals surface area contributed by atoms with Crippen molar-refractivity contribution in [1.82, 2.24) is 19.7 Å². The fourth-order valence-corrected chi connectivity index (χ4v) is 2.70. The summed E-state index contributed by atoms with van der Waals surface area (Å²) >= 11 is 0. The molecule has 1 aromatic carbocycles.